The summed E-state index contributed by atoms with van der Waals surface area (Å²) in [7, 11) is 0. The lowest BCUT2D eigenvalue weighted by Crippen LogP contribution is -2.10. The Morgan fingerprint density at radius 1 is 0.696 bits per heavy atom. The Balaban J connectivity index is 2.42. The Bertz CT molecular complexity index is 768. The maximum atomic E-state index is 13.5. The monoisotopic (exact) mass is 410 g/mol. The van der Waals surface area contributed by atoms with E-state index in [2.05, 4.69) is 0 Å². The molecule has 0 aliphatic rings. The van der Waals surface area contributed by atoms with Gasteiger partial charge in [-0.3, -0.25) is 0 Å². The van der Waals surface area contributed by atoms with Crippen molar-refractivity contribution >= 4 is 46.4 Å². The molecular weight excluding hydrogens is 409 g/mol. The van der Waals surface area contributed by atoms with E-state index in [9.17, 15) is 22.0 Å². The molecule has 10 heteroatoms. The predicted molar refractivity (Wildman–Crippen MR) is 77.0 cm³/mol. The van der Waals surface area contributed by atoms with E-state index in [1.165, 1.54) is 0 Å². The average molecular weight is 412 g/mol. The molecule has 0 radical (unpaired) electrons. The topological polar surface area (TPSA) is 9.23 Å². The van der Waals surface area contributed by atoms with Gasteiger partial charge in [0.05, 0.1) is 20.6 Å². The van der Waals surface area contributed by atoms with Crippen LogP contribution in [-0.2, 0) is 6.61 Å². The Kier molecular flexibility index (Phi) is 5.51. The molecule has 0 saturated heterocycles. The molecule has 2 rings (SSSR count). The van der Waals surface area contributed by atoms with E-state index in [-0.39, 0.29) is 25.8 Å². The molecule has 0 fully saturated rings. The van der Waals surface area contributed by atoms with Crippen molar-refractivity contribution in [1.82, 2.24) is 0 Å². The van der Waals surface area contributed by atoms with Crippen LogP contribution in [0, 0.1) is 29.1 Å². The standard InChI is InChI=1S/C13H3Cl4F5O/c14-4-1-5(15)13(7(17)6(4)16)23-2-3-8(18)10(20)12(22)11(21)9(3)19/h1H,2H2. The molecule has 0 spiro atoms. The SMILES string of the molecule is Fc1c(F)c(F)c(COc2c(Cl)cc(Cl)c(Cl)c2Cl)c(F)c1F. The molecule has 124 valence electrons. The van der Waals surface area contributed by atoms with Gasteiger partial charge in [0.1, 0.15) is 11.6 Å². The van der Waals surface area contributed by atoms with Crippen molar-refractivity contribution < 1.29 is 26.7 Å². The summed E-state index contributed by atoms with van der Waals surface area (Å²) in [5, 5.41) is -0.586. The van der Waals surface area contributed by atoms with Crippen molar-refractivity contribution in [3.05, 3.63) is 60.8 Å². The highest BCUT2D eigenvalue weighted by molar-refractivity contribution is 6.50. The smallest absolute Gasteiger partial charge is 0.200 e. The fourth-order valence-corrected chi connectivity index (χ4v) is 2.62. The minimum Gasteiger partial charge on any atom is -0.485 e. The molecule has 0 amide bonds. The number of hydrogen-bond acceptors (Lipinski definition) is 1. The molecule has 0 atom stereocenters. The highest BCUT2D eigenvalue weighted by Gasteiger charge is 2.26. The van der Waals surface area contributed by atoms with Crippen molar-refractivity contribution in [2.24, 2.45) is 0 Å². The van der Waals surface area contributed by atoms with Gasteiger partial charge in [-0.25, -0.2) is 22.0 Å². The summed E-state index contributed by atoms with van der Waals surface area (Å²) in [6, 6.07) is 1.14. The molecule has 0 aliphatic heterocycles. The van der Waals surface area contributed by atoms with Gasteiger partial charge in [-0.05, 0) is 6.07 Å². The molecule has 2 aromatic carbocycles. The lowest BCUT2D eigenvalue weighted by molar-refractivity contribution is 0.279. The molecule has 0 bridgehead atoms. The van der Waals surface area contributed by atoms with E-state index in [0.717, 1.165) is 6.07 Å². The third-order valence-corrected chi connectivity index (χ3v) is 4.26. The van der Waals surface area contributed by atoms with Crippen LogP contribution in [0.1, 0.15) is 5.56 Å². The highest BCUT2D eigenvalue weighted by atomic mass is 35.5. The fourth-order valence-electron chi connectivity index (χ4n) is 1.60. The van der Waals surface area contributed by atoms with Crippen molar-refractivity contribution in [3.63, 3.8) is 0 Å². The van der Waals surface area contributed by atoms with Crippen molar-refractivity contribution in [3.8, 4) is 5.75 Å². The molecule has 1 nitrogen and oxygen atoms in total. The maximum Gasteiger partial charge on any atom is 0.200 e. The third kappa shape index (κ3) is 3.31. The lowest BCUT2D eigenvalue weighted by atomic mass is 10.2. The summed E-state index contributed by atoms with van der Waals surface area (Å²) in [6.07, 6.45) is 0. The number of benzene rings is 2. The first-order valence-electron chi connectivity index (χ1n) is 5.62. The lowest BCUT2D eigenvalue weighted by Gasteiger charge is -2.13. The Hall–Kier alpha value is -0.950. The number of hydrogen-bond donors (Lipinski definition) is 0. The Morgan fingerprint density at radius 2 is 1.17 bits per heavy atom. The van der Waals surface area contributed by atoms with Gasteiger partial charge >= 0.3 is 0 Å². The fraction of sp³-hybridized carbons (Fsp3) is 0.0769. The van der Waals surface area contributed by atoms with Crippen LogP contribution in [0.2, 0.25) is 20.1 Å². The quantitative estimate of drug-likeness (QED) is 0.315. The predicted octanol–water partition coefficient (Wildman–Crippen LogP) is 6.57. The molecule has 2 aromatic rings. The zero-order chi connectivity index (χ0) is 17.5. The van der Waals surface area contributed by atoms with E-state index in [0.29, 0.717) is 0 Å². The van der Waals surface area contributed by atoms with Gasteiger partial charge in [0.25, 0.3) is 0 Å². The molecule has 0 N–H and O–H groups in total. The normalized spacial score (nSPS) is 11.0. The molecule has 0 aliphatic carbocycles. The number of rotatable bonds is 3. The minimum atomic E-state index is -2.27. The van der Waals surface area contributed by atoms with Gasteiger partial charge in [-0.15, -0.1) is 0 Å². The van der Waals surface area contributed by atoms with Gasteiger partial charge in [0, 0.05) is 0 Å². The van der Waals surface area contributed by atoms with Gasteiger partial charge in [0.15, 0.2) is 29.0 Å². The van der Waals surface area contributed by atoms with E-state index in [4.69, 9.17) is 51.1 Å². The molecule has 0 unspecified atom stereocenters. The Morgan fingerprint density at radius 3 is 1.70 bits per heavy atom. The van der Waals surface area contributed by atoms with Crippen LogP contribution in [-0.4, -0.2) is 0 Å². The Labute approximate surface area is 146 Å². The van der Waals surface area contributed by atoms with Gasteiger partial charge in [-0.1, -0.05) is 46.4 Å². The van der Waals surface area contributed by atoms with Crippen LogP contribution < -0.4 is 4.74 Å². The zero-order valence-corrected chi connectivity index (χ0v) is 13.6. The summed E-state index contributed by atoms with van der Waals surface area (Å²) in [4.78, 5) is 0. The van der Waals surface area contributed by atoms with Crippen LogP contribution in [0.3, 0.4) is 0 Å². The first kappa shape index (κ1) is 18.4. The largest absolute Gasteiger partial charge is 0.485 e. The number of halogens is 9. The van der Waals surface area contributed by atoms with E-state index in [1.807, 2.05) is 0 Å². The van der Waals surface area contributed by atoms with Crippen LogP contribution in [0.5, 0.6) is 5.75 Å². The summed E-state index contributed by atoms with van der Waals surface area (Å²) in [6.45, 7) is -1.02. The zero-order valence-electron chi connectivity index (χ0n) is 10.6. The van der Waals surface area contributed by atoms with Crippen LogP contribution in [0.25, 0.3) is 0 Å². The van der Waals surface area contributed by atoms with Gasteiger partial charge < -0.3 is 4.74 Å². The van der Waals surface area contributed by atoms with Gasteiger partial charge in [0.2, 0.25) is 5.82 Å². The van der Waals surface area contributed by atoms with Crippen LogP contribution in [0.15, 0.2) is 6.07 Å². The molecular formula is C13H3Cl4F5O. The van der Waals surface area contributed by atoms with E-state index < -0.39 is 41.3 Å². The van der Waals surface area contributed by atoms with Crippen LogP contribution in [0.4, 0.5) is 22.0 Å². The molecule has 0 aromatic heterocycles. The molecule has 0 saturated carbocycles. The molecule has 0 heterocycles. The maximum absolute atomic E-state index is 13.5. The molecule has 23 heavy (non-hydrogen) atoms. The minimum absolute atomic E-state index is 0.00903. The second-order valence-electron chi connectivity index (χ2n) is 4.13. The van der Waals surface area contributed by atoms with Crippen LogP contribution >= 0.6 is 46.4 Å². The summed E-state index contributed by atoms with van der Waals surface area (Å²) in [5.74, 6) is -10.8. The van der Waals surface area contributed by atoms with E-state index in [1.54, 1.807) is 0 Å². The van der Waals surface area contributed by atoms with E-state index >= 15 is 0 Å². The van der Waals surface area contributed by atoms with Crippen molar-refractivity contribution in [2.75, 3.05) is 0 Å². The first-order chi connectivity index (χ1) is 10.7. The first-order valence-corrected chi connectivity index (χ1v) is 7.14. The van der Waals surface area contributed by atoms with Gasteiger partial charge in [-0.2, -0.15) is 0 Å². The van der Waals surface area contributed by atoms with Crippen molar-refractivity contribution in [1.29, 1.82) is 0 Å². The summed E-state index contributed by atoms with van der Waals surface area (Å²) in [5.41, 5.74) is -1.18. The third-order valence-electron chi connectivity index (χ3n) is 2.73. The summed E-state index contributed by atoms with van der Waals surface area (Å²) >= 11 is 23.1. The summed E-state index contributed by atoms with van der Waals surface area (Å²) < 4.78 is 71.2. The van der Waals surface area contributed by atoms with Crippen molar-refractivity contribution in [2.45, 2.75) is 6.61 Å². The average Bonchev–Trinajstić information content (AvgIpc) is 2.51. The second kappa shape index (κ2) is 6.89. The number of ether oxygens (including phenoxy) is 1. The highest BCUT2D eigenvalue weighted by Crippen LogP contribution is 2.43. The second-order valence-corrected chi connectivity index (χ2v) is 5.70.